The van der Waals surface area contributed by atoms with E-state index in [0.717, 1.165) is 67.3 Å². The van der Waals surface area contributed by atoms with Gasteiger partial charge in [-0.1, -0.05) is 0 Å². The number of alkyl halides is 1. The molecular formula is C57H69IN6O3. The van der Waals surface area contributed by atoms with Crippen LogP contribution in [0.25, 0.3) is 0 Å². The van der Waals surface area contributed by atoms with E-state index in [1.807, 2.05) is 122 Å². The normalized spacial score (nSPS) is 12.8. The molecule has 0 saturated heterocycles. The van der Waals surface area contributed by atoms with Gasteiger partial charge in [0.05, 0.1) is 0 Å². The van der Waals surface area contributed by atoms with Crippen molar-refractivity contribution in [3.05, 3.63) is 185 Å². The van der Waals surface area contributed by atoms with Crippen LogP contribution in [-0.4, -0.2) is 48.0 Å². The summed E-state index contributed by atoms with van der Waals surface area (Å²) in [4.78, 5) is 47.6. The van der Waals surface area contributed by atoms with E-state index >= 15 is 0 Å². The quantitative estimate of drug-likeness (QED) is 0.0749. The summed E-state index contributed by atoms with van der Waals surface area (Å²) in [7, 11) is 3.69. The molecule has 6 rings (SSSR count). The molecule has 0 saturated carbocycles. The van der Waals surface area contributed by atoms with E-state index in [-0.39, 0.29) is 46.1 Å². The predicted molar refractivity (Wildman–Crippen MR) is 289 cm³/mol. The molecule has 6 amide bonds. The van der Waals surface area contributed by atoms with Crippen LogP contribution in [0.4, 0.5) is 37.1 Å². The van der Waals surface area contributed by atoms with Gasteiger partial charge in [0.25, 0.3) is 0 Å². The molecule has 3 unspecified atom stereocenters. The van der Waals surface area contributed by atoms with E-state index in [4.69, 9.17) is 0 Å². The Morgan fingerprint density at radius 1 is 0.478 bits per heavy atom. The third-order valence-electron chi connectivity index (χ3n) is 13.0. The van der Waals surface area contributed by atoms with Crippen LogP contribution in [0.2, 0.25) is 0 Å². The summed E-state index contributed by atoms with van der Waals surface area (Å²) in [5.74, 6) is 0.141. The molecule has 0 heterocycles. The van der Waals surface area contributed by atoms with Gasteiger partial charge in [0.1, 0.15) is 0 Å². The summed E-state index contributed by atoms with van der Waals surface area (Å²) in [5, 5.41) is 9.93. The van der Waals surface area contributed by atoms with Crippen molar-refractivity contribution in [1.29, 1.82) is 0 Å². The summed E-state index contributed by atoms with van der Waals surface area (Å²) in [6, 6.07) is 44.5. The van der Waals surface area contributed by atoms with Crippen LogP contribution in [0.15, 0.2) is 133 Å². The Morgan fingerprint density at radius 3 is 1.51 bits per heavy atom. The fraction of sp³-hybridized carbons (Fsp3) is 0.316. The Hall–Kier alpha value is -6.14. The van der Waals surface area contributed by atoms with Crippen LogP contribution in [0, 0.1) is 34.8 Å². The molecule has 0 fully saturated rings. The number of halogens is 1. The molecule has 0 spiro atoms. The standard InChI is InChI=1S/C57H69IN6O3/c1-36(2)49-28-21-29-50(54(49)61-56(66)62(12)43(10)45-24-16-14-17-25-45)42(9)58(47-33-31-46(32-34-47)44(11)63(13)55(65)59-52-38(5)22-20-23-39(52)6)51-35-30-40(7)53(41(51)8)60-57(67)64(37(3)4)48-26-18-15-19-27-48/h14-37,42-44H,1-13H3,(H,59,65)(H,60,67)(H,61,66). The van der Waals surface area contributed by atoms with E-state index in [1.54, 1.807) is 14.7 Å². The average molecular weight is 1010 g/mol. The van der Waals surface area contributed by atoms with Crippen molar-refractivity contribution in [3.63, 3.8) is 0 Å². The third kappa shape index (κ3) is 11.4. The van der Waals surface area contributed by atoms with Crippen LogP contribution >= 0.6 is 19.8 Å². The molecule has 352 valence electrons. The number of hydrogen-bond acceptors (Lipinski definition) is 3. The first-order valence-corrected chi connectivity index (χ1v) is 26.7. The first kappa shape index (κ1) is 50.3. The van der Waals surface area contributed by atoms with Gasteiger partial charge >= 0.3 is 409 Å². The molecule has 0 aliphatic carbocycles. The van der Waals surface area contributed by atoms with E-state index in [1.165, 1.54) is 7.14 Å². The molecule has 6 aromatic rings. The van der Waals surface area contributed by atoms with E-state index in [2.05, 4.69) is 117 Å². The zero-order valence-electron chi connectivity index (χ0n) is 41.5. The number of aryl methyl sites for hydroxylation is 3. The number of carbonyl (C=O) groups excluding carboxylic acids is 3. The zero-order chi connectivity index (χ0) is 48.7. The number of hydrogen-bond donors (Lipinski definition) is 3. The second-order valence-electron chi connectivity index (χ2n) is 18.2. The summed E-state index contributed by atoms with van der Waals surface area (Å²) < 4.78 is 2.42. The summed E-state index contributed by atoms with van der Waals surface area (Å²) in [6.07, 6.45) is 0. The van der Waals surface area contributed by atoms with Gasteiger partial charge in [-0.15, -0.1) is 0 Å². The van der Waals surface area contributed by atoms with Crippen LogP contribution < -0.4 is 20.9 Å². The fourth-order valence-electron chi connectivity index (χ4n) is 8.60. The molecule has 3 atom stereocenters. The molecule has 3 N–H and O–H groups in total. The Morgan fingerprint density at radius 2 is 0.955 bits per heavy atom. The van der Waals surface area contributed by atoms with Crippen molar-refractivity contribution in [1.82, 2.24) is 9.80 Å². The van der Waals surface area contributed by atoms with Gasteiger partial charge < -0.3 is 0 Å². The van der Waals surface area contributed by atoms with E-state index in [0.29, 0.717) is 0 Å². The summed E-state index contributed by atoms with van der Waals surface area (Å²) in [6.45, 7) is 23.0. The number of nitrogens with zero attached hydrogens (tertiary/aromatic N) is 3. The number of nitrogens with one attached hydrogen (secondary N) is 3. The van der Waals surface area contributed by atoms with Crippen molar-refractivity contribution in [3.8, 4) is 0 Å². The maximum atomic E-state index is 14.3. The molecule has 0 aliphatic rings. The Bertz CT molecular complexity index is 2650. The monoisotopic (exact) mass is 1010 g/mol. The molecule has 67 heavy (non-hydrogen) atoms. The Balaban J connectivity index is 1.43. The molecule has 6 aromatic carbocycles. The molecular weight excluding hydrogens is 944 g/mol. The second-order valence-corrected chi connectivity index (χ2v) is 24.2. The van der Waals surface area contributed by atoms with E-state index in [9.17, 15) is 14.4 Å². The third-order valence-corrected chi connectivity index (χ3v) is 20.0. The first-order chi connectivity index (χ1) is 31.9. The van der Waals surface area contributed by atoms with Crippen molar-refractivity contribution in [2.24, 2.45) is 0 Å². The molecule has 10 heteroatoms. The van der Waals surface area contributed by atoms with Crippen molar-refractivity contribution in [2.45, 2.75) is 104 Å². The number of amides is 6. The van der Waals surface area contributed by atoms with Crippen molar-refractivity contribution >= 4 is 60.7 Å². The number of anilines is 4. The minimum absolute atomic E-state index is 0.00873. The summed E-state index contributed by atoms with van der Waals surface area (Å²) in [5.41, 5.74) is 11.6. The van der Waals surface area contributed by atoms with Crippen LogP contribution in [0.1, 0.15) is 115 Å². The van der Waals surface area contributed by atoms with E-state index < -0.39 is 19.8 Å². The van der Waals surface area contributed by atoms with Crippen LogP contribution in [0.5, 0.6) is 0 Å². The van der Waals surface area contributed by atoms with Crippen LogP contribution in [-0.2, 0) is 0 Å². The molecule has 0 aromatic heterocycles. The van der Waals surface area contributed by atoms with Gasteiger partial charge in [-0.25, -0.2) is 0 Å². The number of urea groups is 3. The van der Waals surface area contributed by atoms with Gasteiger partial charge in [-0.2, -0.15) is 0 Å². The molecule has 0 aliphatic heterocycles. The number of rotatable bonds is 14. The van der Waals surface area contributed by atoms with Gasteiger partial charge in [-0.05, 0) is 0 Å². The molecule has 9 nitrogen and oxygen atoms in total. The maximum absolute atomic E-state index is 14.3. The number of benzene rings is 6. The van der Waals surface area contributed by atoms with Gasteiger partial charge in [0.2, 0.25) is 0 Å². The Labute approximate surface area is 406 Å². The fourth-order valence-corrected chi connectivity index (χ4v) is 15.4. The number of para-hydroxylation sites is 3. The minimum atomic E-state index is -2.57. The van der Waals surface area contributed by atoms with Crippen LogP contribution in [0.3, 0.4) is 0 Å². The number of carbonyl (C=O) groups is 3. The average Bonchev–Trinajstić information content (AvgIpc) is 3.32. The second kappa shape index (κ2) is 22.1. The van der Waals surface area contributed by atoms with Crippen molar-refractivity contribution in [2.75, 3.05) is 34.9 Å². The Kier molecular flexibility index (Phi) is 16.6. The topological polar surface area (TPSA) is 97.0 Å². The predicted octanol–water partition coefficient (Wildman–Crippen LogP) is 15.2. The first-order valence-electron chi connectivity index (χ1n) is 23.3. The van der Waals surface area contributed by atoms with Gasteiger partial charge in [0, 0.05) is 0 Å². The molecule has 0 radical (unpaired) electrons. The van der Waals surface area contributed by atoms with Crippen molar-refractivity contribution < 1.29 is 14.4 Å². The zero-order valence-corrected chi connectivity index (χ0v) is 43.7. The SMILES string of the molecule is Cc1cccc(C)c1NC(=O)N(C)C(C)c1ccc(I(c2ccc(C)c(NC(=O)N(c3ccccc3)C(C)C)c2C)C(C)c2cccc(C(C)C)c2NC(=O)N(C)C(C)c2ccccc2)cc1. The van der Waals surface area contributed by atoms with Gasteiger partial charge in [0.15, 0.2) is 0 Å². The summed E-state index contributed by atoms with van der Waals surface area (Å²) >= 11 is -2.57. The molecule has 0 bridgehead atoms. The van der Waals surface area contributed by atoms with Gasteiger partial charge in [-0.3, -0.25) is 0 Å².